The van der Waals surface area contributed by atoms with Gasteiger partial charge in [0.25, 0.3) is 0 Å². The molecule has 144 valence electrons. The highest BCUT2D eigenvalue weighted by Gasteiger charge is 2.44. The third-order valence-electron chi connectivity index (χ3n) is 5.72. The van der Waals surface area contributed by atoms with Gasteiger partial charge < -0.3 is 14.4 Å². The minimum Gasteiger partial charge on any atom is -0.381 e. The molecule has 0 aromatic carbocycles. The molecule has 3 fully saturated rings. The van der Waals surface area contributed by atoms with E-state index in [9.17, 15) is 13.2 Å². The first-order valence-corrected chi connectivity index (χ1v) is 10.8. The molecule has 0 aromatic rings. The molecule has 0 saturated carbocycles. The lowest BCUT2D eigenvalue weighted by Crippen LogP contribution is -2.59. The number of hydrogen-bond acceptors (Lipinski definition) is 5. The predicted octanol–water partition coefficient (Wildman–Crippen LogP) is 0.845. The molecule has 3 rings (SSSR count). The molecule has 0 radical (unpaired) electrons. The molecule has 8 heteroatoms. The lowest BCUT2D eigenvalue weighted by molar-refractivity contribution is -0.162. The van der Waals surface area contributed by atoms with E-state index in [-0.39, 0.29) is 17.4 Å². The number of piperidine rings is 1. The molecule has 25 heavy (non-hydrogen) atoms. The van der Waals surface area contributed by atoms with Gasteiger partial charge in [-0.3, -0.25) is 4.79 Å². The van der Waals surface area contributed by atoms with Crippen LogP contribution in [0.5, 0.6) is 0 Å². The Morgan fingerprint density at radius 1 is 1.08 bits per heavy atom. The average Bonchev–Trinajstić information content (AvgIpc) is 2.62. The largest absolute Gasteiger partial charge is 0.381 e. The molecule has 3 saturated heterocycles. The first-order valence-electron chi connectivity index (χ1n) is 9.33. The fraction of sp³-hybridized carbons (Fsp3) is 0.941. The smallest absolute Gasteiger partial charge is 0.226 e. The second-order valence-electron chi connectivity index (χ2n) is 7.67. The normalized spacial score (nSPS) is 26.3. The highest BCUT2D eigenvalue weighted by molar-refractivity contribution is 7.89. The zero-order chi connectivity index (χ0) is 18.1. The van der Waals surface area contributed by atoms with E-state index in [1.807, 2.05) is 4.90 Å². The second kappa shape index (κ2) is 7.50. The lowest BCUT2D eigenvalue weighted by Gasteiger charge is -2.47. The maximum atomic E-state index is 12.8. The Labute approximate surface area is 150 Å². The summed E-state index contributed by atoms with van der Waals surface area (Å²) in [6, 6.07) is 0. The molecule has 0 unspecified atom stereocenters. The van der Waals surface area contributed by atoms with Crippen molar-refractivity contribution in [1.82, 2.24) is 9.21 Å². The van der Waals surface area contributed by atoms with Crippen molar-refractivity contribution < 1.29 is 22.7 Å². The number of morpholine rings is 1. The van der Waals surface area contributed by atoms with Gasteiger partial charge in [0.05, 0.1) is 17.5 Å². The number of nitrogens with zero attached hydrogens (tertiary/aromatic N) is 2. The minimum absolute atomic E-state index is 0.0605. The molecule has 0 bridgehead atoms. The molecule has 1 spiro atoms. The molecule has 3 aliphatic rings. The molecule has 0 N–H and O–H groups in total. The summed E-state index contributed by atoms with van der Waals surface area (Å²) in [4.78, 5) is 14.7. The maximum absolute atomic E-state index is 12.8. The van der Waals surface area contributed by atoms with Gasteiger partial charge in [0.15, 0.2) is 0 Å². The summed E-state index contributed by atoms with van der Waals surface area (Å²) in [5.41, 5.74) is -0.387. The number of rotatable bonds is 3. The van der Waals surface area contributed by atoms with Crippen LogP contribution in [0.4, 0.5) is 0 Å². The van der Waals surface area contributed by atoms with E-state index in [1.165, 1.54) is 0 Å². The van der Waals surface area contributed by atoms with Crippen LogP contribution < -0.4 is 0 Å². The Bertz CT molecular complexity index is 578. The molecular formula is C17H30N2O5S. The Hall–Kier alpha value is -0.700. The fourth-order valence-corrected chi connectivity index (χ4v) is 5.27. The standard InChI is InChI=1S/C17H30N2O5S/c1-14(2)25(21,22)19-7-5-17(6-8-19)13-18(9-12-24-17)16(20)15-3-10-23-11-4-15/h14-15H,3-13H2,1-2H3. The van der Waals surface area contributed by atoms with Gasteiger partial charge in [0.2, 0.25) is 15.9 Å². The minimum atomic E-state index is -3.22. The van der Waals surface area contributed by atoms with Crippen LogP contribution in [0.15, 0.2) is 0 Å². The quantitative estimate of drug-likeness (QED) is 0.732. The predicted molar refractivity (Wildman–Crippen MR) is 93.7 cm³/mol. The molecule has 1 amide bonds. The van der Waals surface area contributed by atoms with Crippen molar-refractivity contribution in [1.29, 1.82) is 0 Å². The molecule has 0 aliphatic carbocycles. The van der Waals surface area contributed by atoms with Crippen molar-refractivity contribution in [2.45, 2.75) is 50.4 Å². The summed E-state index contributed by atoms with van der Waals surface area (Å²) < 4.78 is 37.7. The SMILES string of the molecule is CC(C)S(=O)(=O)N1CCC2(CC1)CN(C(=O)C1CCOCC1)CCO2. The van der Waals surface area contributed by atoms with Crippen molar-refractivity contribution in [2.75, 3.05) is 46.0 Å². The topological polar surface area (TPSA) is 76.2 Å². The zero-order valence-corrected chi connectivity index (χ0v) is 16.1. The highest BCUT2D eigenvalue weighted by atomic mass is 32.2. The van der Waals surface area contributed by atoms with E-state index in [4.69, 9.17) is 9.47 Å². The zero-order valence-electron chi connectivity index (χ0n) is 15.3. The molecule has 0 atom stereocenters. The van der Waals surface area contributed by atoms with Gasteiger partial charge in [-0.1, -0.05) is 0 Å². The van der Waals surface area contributed by atoms with Crippen LogP contribution in [0.1, 0.15) is 39.5 Å². The Morgan fingerprint density at radius 3 is 2.32 bits per heavy atom. The van der Waals surface area contributed by atoms with Crippen LogP contribution in [0.2, 0.25) is 0 Å². The summed E-state index contributed by atoms with van der Waals surface area (Å²) in [5, 5.41) is -0.402. The summed E-state index contributed by atoms with van der Waals surface area (Å²) in [6.45, 7) is 7.44. The van der Waals surface area contributed by atoms with E-state index in [0.29, 0.717) is 58.8 Å². The number of hydrogen-bond donors (Lipinski definition) is 0. The van der Waals surface area contributed by atoms with Crippen LogP contribution in [-0.4, -0.2) is 80.4 Å². The van der Waals surface area contributed by atoms with Crippen molar-refractivity contribution >= 4 is 15.9 Å². The van der Waals surface area contributed by atoms with Gasteiger partial charge in [-0.2, -0.15) is 0 Å². The van der Waals surface area contributed by atoms with Gasteiger partial charge in [0.1, 0.15) is 0 Å². The summed E-state index contributed by atoms with van der Waals surface area (Å²) >= 11 is 0. The summed E-state index contributed by atoms with van der Waals surface area (Å²) in [5.74, 6) is 0.272. The molecule has 7 nitrogen and oxygen atoms in total. The van der Waals surface area contributed by atoms with Crippen molar-refractivity contribution in [2.24, 2.45) is 5.92 Å². The van der Waals surface area contributed by atoms with Crippen molar-refractivity contribution in [3.8, 4) is 0 Å². The van der Waals surface area contributed by atoms with Crippen molar-refractivity contribution in [3.05, 3.63) is 0 Å². The van der Waals surface area contributed by atoms with Gasteiger partial charge in [-0.25, -0.2) is 12.7 Å². The first-order chi connectivity index (χ1) is 11.8. The highest BCUT2D eigenvalue weighted by Crippen LogP contribution is 2.33. The molecule has 3 aliphatic heterocycles. The van der Waals surface area contributed by atoms with Crippen LogP contribution in [-0.2, 0) is 24.3 Å². The third-order valence-corrected chi connectivity index (χ3v) is 8.00. The van der Waals surface area contributed by atoms with E-state index in [2.05, 4.69) is 0 Å². The van der Waals surface area contributed by atoms with E-state index >= 15 is 0 Å². The van der Waals surface area contributed by atoms with Crippen LogP contribution >= 0.6 is 0 Å². The summed E-state index contributed by atoms with van der Waals surface area (Å²) in [6.07, 6.45) is 2.89. The number of carbonyl (C=O) groups is 1. The van der Waals surface area contributed by atoms with Crippen LogP contribution in [0, 0.1) is 5.92 Å². The number of carbonyl (C=O) groups excluding carboxylic acids is 1. The molecule has 3 heterocycles. The van der Waals surface area contributed by atoms with Crippen LogP contribution in [0.3, 0.4) is 0 Å². The molecule has 0 aromatic heterocycles. The van der Waals surface area contributed by atoms with E-state index in [0.717, 1.165) is 12.8 Å². The monoisotopic (exact) mass is 374 g/mol. The van der Waals surface area contributed by atoms with Gasteiger partial charge in [0, 0.05) is 45.3 Å². The van der Waals surface area contributed by atoms with Gasteiger partial charge in [-0.15, -0.1) is 0 Å². The fourth-order valence-electron chi connectivity index (χ4n) is 3.98. The number of amides is 1. The van der Waals surface area contributed by atoms with Gasteiger partial charge in [-0.05, 0) is 39.5 Å². The van der Waals surface area contributed by atoms with Gasteiger partial charge >= 0.3 is 0 Å². The van der Waals surface area contributed by atoms with Crippen molar-refractivity contribution in [3.63, 3.8) is 0 Å². The lowest BCUT2D eigenvalue weighted by atomic mass is 9.89. The van der Waals surface area contributed by atoms with E-state index in [1.54, 1.807) is 18.2 Å². The van der Waals surface area contributed by atoms with Crippen LogP contribution in [0.25, 0.3) is 0 Å². The summed E-state index contributed by atoms with van der Waals surface area (Å²) in [7, 11) is -3.22. The maximum Gasteiger partial charge on any atom is 0.226 e. The van der Waals surface area contributed by atoms with E-state index < -0.39 is 15.3 Å². The average molecular weight is 375 g/mol. The third kappa shape index (κ3) is 4.02. The number of sulfonamides is 1. The number of ether oxygens (including phenoxy) is 2. The Balaban J connectivity index is 1.61. The second-order valence-corrected chi connectivity index (χ2v) is 10.2. The Morgan fingerprint density at radius 2 is 1.72 bits per heavy atom. The first kappa shape index (κ1) is 19.1. The Kier molecular flexibility index (Phi) is 5.72. The molecular weight excluding hydrogens is 344 g/mol.